The van der Waals surface area contributed by atoms with E-state index < -0.39 is 12.1 Å². The summed E-state index contributed by atoms with van der Waals surface area (Å²) in [4.78, 5) is 35.6. The van der Waals surface area contributed by atoms with Crippen molar-refractivity contribution in [1.29, 1.82) is 0 Å². The summed E-state index contributed by atoms with van der Waals surface area (Å²) in [7, 11) is 0. The predicted molar refractivity (Wildman–Crippen MR) is 131 cm³/mol. The number of benzene rings is 2. The van der Waals surface area contributed by atoms with E-state index >= 15 is 0 Å². The summed E-state index contributed by atoms with van der Waals surface area (Å²) in [6.07, 6.45) is 1.69. The normalized spacial score (nSPS) is 13.9. The number of rotatable bonds is 12. The van der Waals surface area contributed by atoms with Crippen LogP contribution in [0.1, 0.15) is 63.0 Å². The van der Waals surface area contributed by atoms with E-state index in [1.54, 1.807) is 0 Å². The molecule has 2 aromatic rings. The van der Waals surface area contributed by atoms with Gasteiger partial charge >= 0.3 is 12.1 Å². The van der Waals surface area contributed by atoms with Crippen LogP contribution in [-0.4, -0.2) is 42.3 Å². The molecule has 0 heterocycles. The lowest BCUT2D eigenvalue weighted by atomic mass is 9.98. The number of fused-ring (bicyclic) bond motifs is 3. The summed E-state index contributed by atoms with van der Waals surface area (Å²) >= 11 is 0. The molecule has 0 bridgehead atoms. The molecule has 2 amide bonds. The van der Waals surface area contributed by atoms with Crippen LogP contribution >= 0.6 is 0 Å². The molecule has 3 N–H and O–H groups in total. The van der Waals surface area contributed by atoms with Gasteiger partial charge in [0.1, 0.15) is 6.61 Å². The van der Waals surface area contributed by atoms with Gasteiger partial charge in [-0.2, -0.15) is 0 Å². The van der Waals surface area contributed by atoms with E-state index in [-0.39, 0.29) is 43.2 Å². The van der Waals surface area contributed by atoms with E-state index in [1.165, 1.54) is 11.1 Å². The zero-order valence-electron chi connectivity index (χ0n) is 19.9. The first-order valence-electron chi connectivity index (χ1n) is 12.0. The predicted octanol–water partition coefficient (Wildman–Crippen LogP) is 4.70. The van der Waals surface area contributed by atoms with Gasteiger partial charge in [-0.3, -0.25) is 9.59 Å². The molecule has 182 valence electrons. The molecule has 7 nitrogen and oxygen atoms in total. The van der Waals surface area contributed by atoms with Gasteiger partial charge < -0.3 is 20.5 Å². The van der Waals surface area contributed by atoms with E-state index in [1.807, 2.05) is 38.1 Å². The van der Waals surface area contributed by atoms with Gasteiger partial charge in [0, 0.05) is 31.3 Å². The van der Waals surface area contributed by atoms with Gasteiger partial charge in [-0.05, 0) is 41.0 Å². The zero-order valence-corrected chi connectivity index (χ0v) is 19.9. The Labute approximate surface area is 200 Å². The summed E-state index contributed by atoms with van der Waals surface area (Å²) in [5.41, 5.74) is 4.64. The Morgan fingerprint density at radius 1 is 1.00 bits per heavy atom. The Hall–Kier alpha value is -3.35. The van der Waals surface area contributed by atoms with Crippen molar-refractivity contribution >= 4 is 18.0 Å². The van der Waals surface area contributed by atoms with Crippen molar-refractivity contribution < 1.29 is 24.2 Å². The minimum Gasteiger partial charge on any atom is -0.481 e. The first-order valence-corrected chi connectivity index (χ1v) is 12.0. The molecule has 1 aliphatic rings. The fourth-order valence-electron chi connectivity index (χ4n) is 4.44. The third-order valence-electron chi connectivity index (χ3n) is 6.23. The molecule has 2 atom stereocenters. The number of nitrogens with one attached hydrogen (secondary N) is 2. The monoisotopic (exact) mass is 466 g/mol. The molecule has 0 saturated carbocycles. The molecule has 0 fully saturated rings. The van der Waals surface area contributed by atoms with Gasteiger partial charge in [-0.15, -0.1) is 0 Å². The summed E-state index contributed by atoms with van der Waals surface area (Å²) in [6, 6.07) is 16.0. The molecule has 1 unspecified atom stereocenters. The number of carbonyl (C=O) groups excluding carboxylic acids is 2. The number of hydrogen-bond donors (Lipinski definition) is 3. The van der Waals surface area contributed by atoms with E-state index in [0.29, 0.717) is 19.4 Å². The second-order valence-electron chi connectivity index (χ2n) is 9.00. The number of aliphatic carboxylic acids is 1. The summed E-state index contributed by atoms with van der Waals surface area (Å²) in [5, 5.41) is 14.5. The van der Waals surface area contributed by atoms with Crippen molar-refractivity contribution in [2.24, 2.45) is 5.92 Å². The molecular formula is C27H34N2O5. The molecule has 0 aliphatic heterocycles. The maximum atomic E-state index is 12.6. The number of amides is 2. The highest BCUT2D eigenvalue weighted by atomic mass is 16.5. The number of alkyl carbamates (subject to hydrolysis) is 1. The topological polar surface area (TPSA) is 105 Å². The molecule has 2 aromatic carbocycles. The molecule has 34 heavy (non-hydrogen) atoms. The average molecular weight is 467 g/mol. The smallest absolute Gasteiger partial charge is 0.407 e. The third kappa shape index (κ3) is 6.83. The molecule has 0 radical (unpaired) electrons. The van der Waals surface area contributed by atoms with Gasteiger partial charge in [0.15, 0.2) is 0 Å². The molecular weight excluding hydrogens is 432 g/mol. The van der Waals surface area contributed by atoms with Crippen molar-refractivity contribution in [3.05, 3.63) is 59.7 Å². The van der Waals surface area contributed by atoms with Crippen LogP contribution in [0.15, 0.2) is 48.5 Å². The SMILES string of the molecule is CCC[C@@H](CC(=O)NCC(C)CCC(=O)O)NC(=O)OCC1c2ccccc2-c2ccccc21. The summed E-state index contributed by atoms with van der Waals surface area (Å²) < 4.78 is 5.61. The summed E-state index contributed by atoms with van der Waals surface area (Å²) in [6.45, 7) is 4.54. The largest absolute Gasteiger partial charge is 0.481 e. The Kier molecular flexibility index (Phi) is 9.08. The van der Waals surface area contributed by atoms with E-state index in [9.17, 15) is 14.4 Å². The van der Waals surface area contributed by atoms with Crippen molar-refractivity contribution in [1.82, 2.24) is 10.6 Å². The maximum Gasteiger partial charge on any atom is 0.407 e. The standard InChI is InChI=1S/C27H34N2O5/c1-3-8-19(15-25(30)28-16-18(2)13-14-26(31)32)29-27(33)34-17-24-22-11-6-4-9-20(22)21-10-5-7-12-23(21)24/h4-7,9-12,18-19,24H,3,8,13-17H2,1-2H3,(H,28,30)(H,29,33)(H,31,32)/t18?,19-/m0/s1. The van der Waals surface area contributed by atoms with Crippen LogP contribution in [0.2, 0.25) is 0 Å². The Morgan fingerprint density at radius 2 is 1.62 bits per heavy atom. The molecule has 7 heteroatoms. The lowest BCUT2D eigenvalue weighted by molar-refractivity contribution is -0.137. The second-order valence-corrected chi connectivity index (χ2v) is 9.00. The molecule has 0 saturated heterocycles. The van der Waals surface area contributed by atoms with Gasteiger partial charge in [0.2, 0.25) is 5.91 Å². The van der Waals surface area contributed by atoms with Crippen molar-refractivity contribution in [3.63, 3.8) is 0 Å². The Balaban J connectivity index is 1.50. The molecule has 0 spiro atoms. The van der Waals surface area contributed by atoms with Crippen molar-refractivity contribution in [2.45, 2.75) is 57.9 Å². The second kappa shape index (κ2) is 12.2. The maximum absolute atomic E-state index is 12.6. The average Bonchev–Trinajstić information content (AvgIpc) is 3.14. The quantitative estimate of drug-likeness (QED) is 0.421. The van der Waals surface area contributed by atoms with Gasteiger partial charge in [-0.1, -0.05) is 68.8 Å². The fourth-order valence-corrected chi connectivity index (χ4v) is 4.44. The highest BCUT2D eigenvalue weighted by Gasteiger charge is 2.29. The van der Waals surface area contributed by atoms with Gasteiger partial charge in [0.05, 0.1) is 0 Å². The van der Waals surface area contributed by atoms with Crippen LogP contribution in [0.25, 0.3) is 11.1 Å². The van der Waals surface area contributed by atoms with E-state index in [4.69, 9.17) is 9.84 Å². The minimum absolute atomic E-state index is 0.0154. The Morgan fingerprint density at radius 3 is 2.21 bits per heavy atom. The Bertz CT molecular complexity index is 961. The minimum atomic E-state index is -0.839. The molecule has 1 aliphatic carbocycles. The lowest BCUT2D eigenvalue weighted by Crippen LogP contribution is -2.40. The first-order chi connectivity index (χ1) is 16.4. The molecule has 0 aromatic heterocycles. The number of carboxylic acids is 1. The van der Waals surface area contributed by atoms with Crippen molar-refractivity contribution in [3.8, 4) is 11.1 Å². The van der Waals surface area contributed by atoms with Gasteiger partial charge in [0.25, 0.3) is 0 Å². The van der Waals surface area contributed by atoms with Crippen LogP contribution in [-0.2, 0) is 14.3 Å². The van der Waals surface area contributed by atoms with Crippen LogP contribution < -0.4 is 10.6 Å². The van der Waals surface area contributed by atoms with Crippen LogP contribution in [0.5, 0.6) is 0 Å². The first kappa shape index (κ1) is 25.3. The lowest BCUT2D eigenvalue weighted by Gasteiger charge is -2.20. The van der Waals surface area contributed by atoms with Crippen LogP contribution in [0, 0.1) is 5.92 Å². The van der Waals surface area contributed by atoms with E-state index in [2.05, 4.69) is 34.9 Å². The highest BCUT2D eigenvalue weighted by molar-refractivity contribution is 5.79. The third-order valence-corrected chi connectivity index (χ3v) is 6.23. The number of carbonyl (C=O) groups is 3. The van der Waals surface area contributed by atoms with Crippen LogP contribution in [0.3, 0.4) is 0 Å². The zero-order chi connectivity index (χ0) is 24.5. The van der Waals surface area contributed by atoms with Gasteiger partial charge in [-0.25, -0.2) is 4.79 Å². The highest BCUT2D eigenvalue weighted by Crippen LogP contribution is 2.44. The number of hydrogen-bond acceptors (Lipinski definition) is 4. The van der Waals surface area contributed by atoms with E-state index in [0.717, 1.165) is 17.5 Å². The number of ether oxygens (including phenoxy) is 1. The van der Waals surface area contributed by atoms with Crippen LogP contribution in [0.4, 0.5) is 4.79 Å². The number of carboxylic acid groups (broad SMARTS) is 1. The molecule has 3 rings (SSSR count). The summed E-state index contributed by atoms with van der Waals surface area (Å²) in [5.74, 6) is -0.953. The fraction of sp³-hybridized carbons (Fsp3) is 0.444. The van der Waals surface area contributed by atoms with Crippen molar-refractivity contribution in [2.75, 3.05) is 13.2 Å².